The van der Waals surface area contributed by atoms with Crippen LogP contribution in [-0.4, -0.2) is 19.7 Å². The van der Waals surface area contributed by atoms with Gasteiger partial charge in [-0.3, -0.25) is 14.9 Å². The van der Waals surface area contributed by atoms with Crippen LogP contribution in [-0.2, 0) is 13.2 Å². The molecule has 0 fully saturated rings. The molecule has 0 aliphatic heterocycles. The largest absolute Gasteiger partial charge is 0.416 e. The first kappa shape index (κ1) is 20.5. The van der Waals surface area contributed by atoms with Gasteiger partial charge in [0, 0.05) is 30.8 Å². The Balaban J connectivity index is 2.09. The molecule has 0 radical (unpaired) electrons. The van der Waals surface area contributed by atoms with E-state index >= 15 is 0 Å². The van der Waals surface area contributed by atoms with Crippen molar-refractivity contribution >= 4 is 33.9 Å². The maximum absolute atomic E-state index is 13.1. The third-order valence-corrected chi connectivity index (χ3v) is 4.44. The molecule has 12 heteroatoms. The minimum absolute atomic E-state index is 0.0236. The van der Waals surface area contributed by atoms with Crippen LogP contribution in [0.2, 0.25) is 5.15 Å². The number of hydrogen-bond donors (Lipinski definition) is 1. The van der Waals surface area contributed by atoms with Crippen LogP contribution >= 0.6 is 11.6 Å². The second-order valence-electron chi connectivity index (χ2n) is 6.26. The summed E-state index contributed by atoms with van der Waals surface area (Å²) < 4.78 is 40.5. The molecular formula is C17H13ClF3N5O3. The van der Waals surface area contributed by atoms with E-state index in [0.29, 0.717) is 11.5 Å². The third kappa shape index (κ3) is 4.14. The Morgan fingerprint density at radius 3 is 2.55 bits per heavy atom. The summed E-state index contributed by atoms with van der Waals surface area (Å²) in [4.78, 5) is 26.2. The number of anilines is 1. The first-order valence-electron chi connectivity index (χ1n) is 8.13. The van der Waals surface area contributed by atoms with Crippen LogP contribution in [0.15, 0.2) is 35.3 Å². The van der Waals surface area contributed by atoms with Crippen LogP contribution in [0.5, 0.6) is 0 Å². The van der Waals surface area contributed by atoms with E-state index in [4.69, 9.17) is 11.6 Å². The maximum atomic E-state index is 13.1. The average molecular weight is 428 g/mol. The number of non-ortho nitro benzene ring substituents is 1. The predicted octanol–water partition coefficient (Wildman–Crippen LogP) is 4.08. The van der Waals surface area contributed by atoms with Gasteiger partial charge in [0.1, 0.15) is 5.15 Å². The topological polar surface area (TPSA) is 103 Å². The molecular weight excluding hydrogens is 415 g/mol. The van der Waals surface area contributed by atoms with Crippen LogP contribution in [0.3, 0.4) is 0 Å². The number of halogens is 4. The standard InChI is InChI=1S/C17H13ClF3N5O3/c1-8(9-3-10(17(19,20)21)5-11(4-9)26(28)29)23-15-12-6-14(18)22-7-13(12)16(27)25(2)24-15/h3-8H,1-2H3,(H,23,24)/t8-/m1/s1. The first-order valence-corrected chi connectivity index (χ1v) is 8.51. The number of alkyl halides is 3. The van der Waals surface area contributed by atoms with E-state index in [9.17, 15) is 28.1 Å². The van der Waals surface area contributed by atoms with E-state index < -0.39 is 34.0 Å². The second-order valence-corrected chi connectivity index (χ2v) is 6.65. The lowest BCUT2D eigenvalue weighted by Gasteiger charge is -2.18. The Morgan fingerprint density at radius 2 is 1.93 bits per heavy atom. The summed E-state index contributed by atoms with van der Waals surface area (Å²) in [6.45, 7) is 1.51. The molecule has 1 N–H and O–H groups in total. The minimum Gasteiger partial charge on any atom is -0.362 e. The van der Waals surface area contributed by atoms with Crippen LogP contribution in [0.4, 0.5) is 24.7 Å². The lowest BCUT2D eigenvalue weighted by Crippen LogP contribution is -2.22. The number of benzene rings is 1. The zero-order chi connectivity index (χ0) is 21.5. The van der Waals surface area contributed by atoms with Crippen LogP contribution in [0.1, 0.15) is 24.1 Å². The molecule has 0 spiro atoms. The summed E-state index contributed by atoms with van der Waals surface area (Å²) >= 11 is 5.89. The quantitative estimate of drug-likeness (QED) is 0.382. The summed E-state index contributed by atoms with van der Waals surface area (Å²) in [6.07, 6.45) is -3.48. The molecule has 8 nitrogen and oxygen atoms in total. The van der Waals surface area contributed by atoms with Crippen molar-refractivity contribution in [2.75, 3.05) is 5.32 Å². The molecule has 0 aliphatic carbocycles. The van der Waals surface area contributed by atoms with Crippen molar-refractivity contribution in [3.8, 4) is 0 Å². The lowest BCUT2D eigenvalue weighted by molar-refractivity contribution is -0.385. The number of pyridine rings is 1. The SMILES string of the molecule is C[C@@H](Nc1nn(C)c(=O)c2cnc(Cl)cc12)c1cc([N+](=O)[O-])cc(C(F)(F)F)c1. The van der Waals surface area contributed by atoms with Crippen LogP contribution in [0.25, 0.3) is 10.8 Å². The summed E-state index contributed by atoms with van der Waals surface area (Å²) in [6, 6.07) is 2.93. The van der Waals surface area contributed by atoms with Gasteiger partial charge in [0.2, 0.25) is 0 Å². The molecule has 0 amide bonds. The summed E-state index contributed by atoms with van der Waals surface area (Å²) in [7, 11) is 1.40. The monoisotopic (exact) mass is 427 g/mol. The Labute approximate surface area is 166 Å². The minimum atomic E-state index is -4.75. The molecule has 2 aromatic heterocycles. The van der Waals surface area contributed by atoms with Gasteiger partial charge >= 0.3 is 6.18 Å². The highest BCUT2D eigenvalue weighted by Gasteiger charge is 2.33. The van der Waals surface area contributed by atoms with Crippen LogP contribution in [0, 0.1) is 10.1 Å². The van der Waals surface area contributed by atoms with Crippen LogP contribution < -0.4 is 10.9 Å². The highest BCUT2D eigenvalue weighted by molar-refractivity contribution is 6.30. The number of nitrogens with one attached hydrogen (secondary N) is 1. The van der Waals surface area contributed by atoms with Crippen molar-refractivity contribution in [1.29, 1.82) is 0 Å². The highest BCUT2D eigenvalue weighted by Crippen LogP contribution is 2.35. The molecule has 1 atom stereocenters. The number of rotatable bonds is 4. The summed E-state index contributed by atoms with van der Waals surface area (Å²) in [5, 5.41) is 18.7. The highest BCUT2D eigenvalue weighted by atomic mass is 35.5. The molecule has 0 saturated heterocycles. The van der Waals surface area contributed by atoms with Crippen molar-refractivity contribution in [3.63, 3.8) is 0 Å². The molecule has 0 aliphatic rings. The van der Waals surface area contributed by atoms with Gasteiger partial charge in [0.25, 0.3) is 11.2 Å². The Morgan fingerprint density at radius 1 is 1.24 bits per heavy atom. The zero-order valence-electron chi connectivity index (χ0n) is 15.0. The van der Waals surface area contributed by atoms with E-state index in [2.05, 4.69) is 15.4 Å². The molecule has 0 unspecified atom stereocenters. The van der Waals surface area contributed by atoms with Gasteiger partial charge in [0.15, 0.2) is 5.82 Å². The van der Waals surface area contributed by atoms with E-state index in [1.54, 1.807) is 0 Å². The van der Waals surface area contributed by atoms with Gasteiger partial charge in [-0.25, -0.2) is 9.67 Å². The van der Waals surface area contributed by atoms with Crippen molar-refractivity contribution in [2.24, 2.45) is 7.05 Å². The predicted molar refractivity (Wildman–Crippen MR) is 99.9 cm³/mol. The van der Waals surface area contributed by atoms with Crippen molar-refractivity contribution in [1.82, 2.24) is 14.8 Å². The van der Waals surface area contributed by atoms with Gasteiger partial charge in [-0.1, -0.05) is 11.6 Å². The average Bonchev–Trinajstić information content (AvgIpc) is 2.64. The second kappa shape index (κ2) is 7.32. The first-order chi connectivity index (χ1) is 13.5. The smallest absolute Gasteiger partial charge is 0.362 e. The third-order valence-electron chi connectivity index (χ3n) is 4.23. The fourth-order valence-electron chi connectivity index (χ4n) is 2.77. The van der Waals surface area contributed by atoms with Gasteiger partial charge in [-0.05, 0) is 24.6 Å². The number of nitro benzene ring substituents is 1. The van der Waals surface area contributed by atoms with Gasteiger partial charge in [-0.15, -0.1) is 0 Å². The van der Waals surface area contributed by atoms with E-state index in [1.807, 2.05) is 0 Å². The molecule has 0 bridgehead atoms. The molecule has 152 valence electrons. The number of nitrogens with zero attached hydrogens (tertiary/aromatic N) is 4. The number of nitro groups is 1. The number of hydrogen-bond acceptors (Lipinski definition) is 6. The normalized spacial score (nSPS) is 12.8. The number of aryl methyl sites for hydroxylation is 1. The van der Waals surface area contributed by atoms with Gasteiger partial charge < -0.3 is 5.32 Å². The number of fused-ring (bicyclic) bond motifs is 1. The maximum Gasteiger partial charge on any atom is 0.416 e. The van der Waals surface area contributed by atoms with Crippen molar-refractivity contribution in [2.45, 2.75) is 19.1 Å². The van der Waals surface area contributed by atoms with E-state index in [0.717, 1.165) is 16.8 Å². The molecule has 0 saturated carbocycles. The van der Waals surface area contributed by atoms with E-state index in [1.165, 1.54) is 26.2 Å². The van der Waals surface area contributed by atoms with E-state index in [-0.39, 0.29) is 21.9 Å². The Bertz CT molecular complexity index is 1180. The van der Waals surface area contributed by atoms with Gasteiger partial charge in [-0.2, -0.15) is 18.3 Å². The lowest BCUT2D eigenvalue weighted by atomic mass is 10.0. The summed E-state index contributed by atoms with van der Waals surface area (Å²) in [5.41, 5.74) is -2.23. The van der Waals surface area contributed by atoms with Crippen molar-refractivity contribution < 1.29 is 18.1 Å². The molecule has 3 rings (SSSR count). The molecule has 2 heterocycles. The van der Waals surface area contributed by atoms with Crippen molar-refractivity contribution in [3.05, 3.63) is 67.2 Å². The number of aromatic nitrogens is 3. The molecule has 29 heavy (non-hydrogen) atoms. The Kier molecular flexibility index (Phi) is 5.18. The Hall–Kier alpha value is -3.21. The zero-order valence-corrected chi connectivity index (χ0v) is 15.7. The molecule has 3 aromatic rings. The summed E-state index contributed by atoms with van der Waals surface area (Å²) in [5.74, 6) is 0.166. The molecule has 1 aromatic carbocycles. The van der Waals surface area contributed by atoms with Gasteiger partial charge in [0.05, 0.1) is 21.9 Å². The fraction of sp³-hybridized carbons (Fsp3) is 0.235. The fourth-order valence-corrected chi connectivity index (χ4v) is 2.93.